The zero-order valence-corrected chi connectivity index (χ0v) is 9.77. The Kier molecular flexibility index (Phi) is 3.01. The predicted octanol–water partition coefficient (Wildman–Crippen LogP) is 2.40. The summed E-state index contributed by atoms with van der Waals surface area (Å²) in [7, 11) is 0. The number of aromatic amines is 1. The number of nitro groups is 1. The molecule has 0 aliphatic heterocycles. The van der Waals surface area contributed by atoms with Crippen molar-refractivity contribution in [2.75, 3.05) is 0 Å². The SMILES string of the molecule is Cc1cc2c(CCC(=O)O)c([N+](=O)[O-])ccc2[nH]1. The summed E-state index contributed by atoms with van der Waals surface area (Å²) in [5.41, 5.74) is 2.13. The summed E-state index contributed by atoms with van der Waals surface area (Å²) in [4.78, 5) is 24.2. The Morgan fingerprint density at radius 2 is 2.22 bits per heavy atom. The molecule has 1 aromatic heterocycles. The van der Waals surface area contributed by atoms with E-state index >= 15 is 0 Å². The Balaban J connectivity index is 2.58. The van der Waals surface area contributed by atoms with E-state index in [1.807, 2.05) is 6.92 Å². The molecule has 0 radical (unpaired) electrons. The second kappa shape index (κ2) is 4.48. The predicted molar refractivity (Wildman–Crippen MR) is 65.6 cm³/mol. The van der Waals surface area contributed by atoms with Gasteiger partial charge < -0.3 is 10.1 Å². The van der Waals surface area contributed by atoms with Gasteiger partial charge in [-0.3, -0.25) is 14.9 Å². The van der Waals surface area contributed by atoms with Crippen LogP contribution >= 0.6 is 0 Å². The maximum Gasteiger partial charge on any atom is 0.303 e. The molecule has 0 aliphatic carbocycles. The van der Waals surface area contributed by atoms with Crippen molar-refractivity contribution in [3.63, 3.8) is 0 Å². The zero-order chi connectivity index (χ0) is 13.3. The number of carbonyl (C=O) groups is 1. The summed E-state index contributed by atoms with van der Waals surface area (Å²) in [6.07, 6.45) is 0.0322. The smallest absolute Gasteiger partial charge is 0.303 e. The Labute approximate surface area is 102 Å². The minimum absolute atomic E-state index is 0.0252. The molecule has 0 unspecified atom stereocenters. The van der Waals surface area contributed by atoms with Gasteiger partial charge in [-0.15, -0.1) is 0 Å². The van der Waals surface area contributed by atoms with E-state index in [9.17, 15) is 14.9 Å². The van der Waals surface area contributed by atoms with Crippen LogP contribution in [-0.2, 0) is 11.2 Å². The van der Waals surface area contributed by atoms with E-state index in [1.165, 1.54) is 6.07 Å². The lowest BCUT2D eigenvalue weighted by Crippen LogP contribution is -2.01. The van der Waals surface area contributed by atoms with Crippen LogP contribution in [-0.4, -0.2) is 21.0 Å². The summed E-state index contributed by atoms with van der Waals surface area (Å²) in [6, 6.07) is 4.86. The molecule has 2 aromatic rings. The van der Waals surface area contributed by atoms with Crippen molar-refractivity contribution in [3.05, 3.63) is 39.6 Å². The Morgan fingerprint density at radius 3 is 2.83 bits per heavy atom. The second-order valence-corrected chi connectivity index (χ2v) is 4.13. The van der Waals surface area contributed by atoms with Crippen molar-refractivity contribution in [3.8, 4) is 0 Å². The largest absolute Gasteiger partial charge is 0.481 e. The molecule has 0 spiro atoms. The molecule has 94 valence electrons. The first kappa shape index (κ1) is 12.1. The maximum absolute atomic E-state index is 11.0. The van der Waals surface area contributed by atoms with Gasteiger partial charge in [-0.25, -0.2) is 0 Å². The first-order chi connectivity index (χ1) is 8.49. The van der Waals surface area contributed by atoms with Crippen molar-refractivity contribution < 1.29 is 14.8 Å². The van der Waals surface area contributed by atoms with Crippen LogP contribution in [0.1, 0.15) is 17.7 Å². The minimum atomic E-state index is -0.964. The monoisotopic (exact) mass is 248 g/mol. The number of H-pyrrole nitrogens is 1. The quantitative estimate of drug-likeness (QED) is 0.641. The standard InChI is InChI=1S/C12H12N2O4/c1-7-6-9-8(2-5-12(15)16)11(14(17)18)4-3-10(9)13-7/h3-4,6,13H,2,5H2,1H3,(H,15,16). The highest BCUT2D eigenvalue weighted by Gasteiger charge is 2.18. The number of aliphatic carboxylic acids is 1. The van der Waals surface area contributed by atoms with Gasteiger partial charge in [-0.2, -0.15) is 0 Å². The van der Waals surface area contributed by atoms with Gasteiger partial charge >= 0.3 is 5.97 Å². The number of nitrogens with one attached hydrogen (secondary N) is 1. The van der Waals surface area contributed by atoms with Crippen molar-refractivity contribution in [1.82, 2.24) is 4.98 Å². The first-order valence-corrected chi connectivity index (χ1v) is 5.46. The third kappa shape index (κ3) is 2.17. The molecule has 2 rings (SSSR count). The van der Waals surface area contributed by atoms with Gasteiger partial charge in [-0.1, -0.05) is 0 Å². The fourth-order valence-electron chi connectivity index (χ4n) is 2.06. The second-order valence-electron chi connectivity index (χ2n) is 4.13. The number of nitro benzene ring substituents is 1. The van der Waals surface area contributed by atoms with Crippen LogP contribution < -0.4 is 0 Å². The molecule has 6 nitrogen and oxygen atoms in total. The number of aromatic nitrogens is 1. The normalized spacial score (nSPS) is 10.7. The highest BCUT2D eigenvalue weighted by atomic mass is 16.6. The average molecular weight is 248 g/mol. The number of rotatable bonds is 4. The van der Waals surface area contributed by atoms with Crippen LogP contribution in [0.5, 0.6) is 0 Å². The van der Waals surface area contributed by atoms with Gasteiger partial charge in [0.25, 0.3) is 5.69 Å². The zero-order valence-electron chi connectivity index (χ0n) is 9.77. The lowest BCUT2D eigenvalue weighted by Gasteiger charge is -2.03. The van der Waals surface area contributed by atoms with Crippen molar-refractivity contribution >= 4 is 22.6 Å². The molecular weight excluding hydrogens is 236 g/mol. The third-order valence-corrected chi connectivity index (χ3v) is 2.81. The first-order valence-electron chi connectivity index (χ1n) is 5.46. The van der Waals surface area contributed by atoms with Gasteiger partial charge in [0.2, 0.25) is 0 Å². The highest BCUT2D eigenvalue weighted by molar-refractivity contribution is 5.87. The number of carboxylic acids is 1. The van der Waals surface area contributed by atoms with Crippen molar-refractivity contribution in [2.45, 2.75) is 19.8 Å². The lowest BCUT2D eigenvalue weighted by atomic mass is 10.0. The van der Waals surface area contributed by atoms with Gasteiger partial charge in [0, 0.05) is 34.6 Å². The average Bonchev–Trinajstić information content (AvgIpc) is 2.65. The summed E-state index contributed by atoms with van der Waals surface area (Å²) < 4.78 is 0. The van der Waals surface area contributed by atoms with Gasteiger partial charge in [0.05, 0.1) is 4.92 Å². The summed E-state index contributed by atoms with van der Waals surface area (Å²) in [5, 5.41) is 20.4. The van der Waals surface area contributed by atoms with E-state index in [0.717, 1.165) is 16.6 Å². The summed E-state index contributed by atoms with van der Waals surface area (Å²) in [6.45, 7) is 1.85. The van der Waals surface area contributed by atoms with Crippen LogP contribution in [0.25, 0.3) is 10.9 Å². The number of aryl methyl sites for hydroxylation is 2. The fourth-order valence-corrected chi connectivity index (χ4v) is 2.06. The van der Waals surface area contributed by atoms with Crippen LogP contribution in [0, 0.1) is 17.0 Å². The van der Waals surface area contributed by atoms with Crippen LogP contribution in [0.4, 0.5) is 5.69 Å². The fraction of sp³-hybridized carbons (Fsp3) is 0.250. The molecule has 2 N–H and O–H groups in total. The van der Waals surface area contributed by atoms with E-state index in [4.69, 9.17) is 5.11 Å². The van der Waals surface area contributed by atoms with Gasteiger partial charge in [-0.05, 0) is 25.5 Å². The molecule has 0 saturated heterocycles. The summed E-state index contributed by atoms with van der Waals surface area (Å²) >= 11 is 0. The molecule has 0 aliphatic rings. The molecule has 0 bridgehead atoms. The number of hydrogen-bond acceptors (Lipinski definition) is 3. The van der Waals surface area contributed by atoms with Gasteiger partial charge in [0.15, 0.2) is 0 Å². The van der Waals surface area contributed by atoms with Crippen molar-refractivity contribution in [2.24, 2.45) is 0 Å². The summed E-state index contributed by atoms with van der Waals surface area (Å²) in [5.74, 6) is -0.964. The maximum atomic E-state index is 11.0. The Bertz CT molecular complexity index is 630. The number of hydrogen-bond donors (Lipinski definition) is 2. The third-order valence-electron chi connectivity index (χ3n) is 2.81. The van der Waals surface area contributed by atoms with Crippen LogP contribution in [0.2, 0.25) is 0 Å². The van der Waals surface area contributed by atoms with E-state index in [-0.39, 0.29) is 18.5 Å². The molecule has 0 atom stereocenters. The molecule has 6 heteroatoms. The number of nitrogens with zero attached hydrogens (tertiary/aromatic N) is 1. The molecule has 0 amide bonds. The number of benzene rings is 1. The number of carboxylic acid groups (broad SMARTS) is 1. The molecule has 18 heavy (non-hydrogen) atoms. The Hall–Kier alpha value is -2.37. The number of fused-ring (bicyclic) bond motifs is 1. The highest BCUT2D eigenvalue weighted by Crippen LogP contribution is 2.29. The Morgan fingerprint density at radius 1 is 1.50 bits per heavy atom. The van der Waals surface area contributed by atoms with Crippen LogP contribution in [0.3, 0.4) is 0 Å². The molecule has 0 saturated carbocycles. The molecular formula is C12H12N2O4. The topological polar surface area (TPSA) is 96.2 Å². The molecule has 1 heterocycles. The van der Waals surface area contributed by atoms with Crippen molar-refractivity contribution in [1.29, 1.82) is 0 Å². The van der Waals surface area contributed by atoms with Gasteiger partial charge in [0.1, 0.15) is 0 Å². The van der Waals surface area contributed by atoms with E-state index < -0.39 is 10.9 Å². The van der Waals surface area contributed by atoms with Crippen LogP contribution in [0.15, 0.2) is 18.2 Å². The molecule has 0 fully saturated rings. The molecule has 1 aromatic carbocycles. The lowest BCUT2D eigenvalue weighted by molar-refractivity contribution is -0.385. The van der Waals surface area contributed by atoms with E-state index in [1.54, 1.807) is 12.1 Å². The van der Waals surface area contributed by atoms with E-state index in [0.29, 0.717) is 5.56 Å². The van der Waals surface area contributed by atoms with E-state index in [2.05, 4.69) is 4.98 Å². The minimum Gasteiger partial charge on any atom is -0.481 e.